The van der Waals surface area contributed by atoms with Crippen molar-refractivity contribution in [1.29, 1.82) is 0 Å². The van der Waals surface area contributed by atoms with Gasteiger partial charge in [-0.15, -0.1) is 0 Å². The van der Waals surface area contributed by atoms with Crippen LogP contribution in [0.15, 0.2) is 24.3 Å². The summed E-state index contributed by atoms with van der Waals surface area (Å²) in [4.78, 5) is 0. The summed E-state index contributed by atoms with van der Waals surface area (Å²) in [5.74, 6) is 3.93. The van der Waals surface area contributed by atoms with E-state index in [9.17, 15) is 0 Å². The minimum Gasteiger partial charge on any atom is -0.313 e. The number of nitrogens with one attached hydrogen (secondary N) is 1. The van der Waals surface area contributed by atoms with Gasteiger partial charge in [-0.2, -0.15) is 23.5 Å². The molecule has 0 aliphatic carbocycles. The third kappa shape index (κ3) is 4.22. The van der Waals surface area contributed by atoms with Crippen molar-refractivity contribution in [2.45, 2.75) is 31.6 Å². The van der Waals surface area contributed by atoms with Gasteiger partial charge in [0.05, 0.1) is 0 Å². The van der Waals surface area contributed by atoms with Crippen LogP contribution in [0.1, 0.15) is 18.1 Å². The van der Waals surface area contributed by atoms with Gasteiger partial charge in [0.1, 0.15) is 0 Å². The van der Waals surface area contributed by atoms with Crippen LogP contribution >= 0.6 is 23.5 Å². The molecule has 1 aliphatic heterocycles. The molecule has 100 valence electrons. The van der Waals surface area contributed by atoms with Gasteiger partial charge in [0, 0.05) is 28.6 Å². The monoisotopic (exact) mass is 281 g/mol. The molecular weight excluding hydrogens is 258 g/mol. The van der Waals surface area contributed by atoms with Gasteiger partial charge in [0.25, 0.3) is 0 Å². The van der Waals surface area contributed by atoms with Crippen LogP contribution in [0.3, 0.4) is 0 Å². The van der Waals surface area contributed by atoms with Crippen LogP contribution in [0, 0.1) is 6.92 Å². The smallest absolute Gasteiger partial charge is 0.0295 e. The van der Waals surface area contributed by atoms with Gasteiger partial charge < -0.3 is 5.32 Å². The summed E-state index contributed by atoms with van der Waals surface area (Å²) in [6, 6.07) is 9.56. The molecule has 1 aliphatic rings. The predicted octanol–water partition coefficient (Wildman–Crippen LogP) is 3.36. The fourth-order valence-corrected chi connectivity index (χ4v) is 5.32. The Kier molecular flexibility index (Phi) is 5.93. The first-order valence-corrected chi connectivity index (χ1v) is 8.98. The van der Waals surface area contributed by atoms with Gasteiger partial charge in [0.2, 0.25) is 0 Å². The Bertz CT molecular complexity index is 361. The minimum absolute atomic E-state index is 0.620. The van der Waals surface area contributed by atoms with Crippen molar-refractivity contribution in [1.82, 2.24) is 5.32 Å². The number of benzene rings is 1. The fraction of sp³-hybridized carbons (Fsp3) is 0.600. The van der Waals surface area contributed by atoms with Crippen LogP contribution in [-0.2, 0) is 6.42 Å². The molecule has 3 heteroatoms. The Balaban J connectivity index is 2.00. The second-order valence-electron chi connectivity index (χ2n) is 4.84. The Hall–Kier alpha value is -0.120. The average Bonchev–Trinajstić information content (AvgIpc) is 2.39. The maximum atomic E-state index is 3.69. The molecule has 2 unspecified atom stereocenters. The molecule has 0 bridgehead atoms. The number of likely N-dealkylation sites (N-methyl/N-ethyl adjacent to an activating group) is 1. The van der Waals surface area contributed by atoms with E-state index in [4.69, 9.17) is 0 Å². The number of aryl methyl sites for hydroxylation is 1. The lowest BCUT2D eigenvalue weighted by Crippen LogP contribution is -2.42. The van der Waals surface area contributed by atoms with Crippen LogP contribution in [0.2, 0.25) is 0 Å². The van der Waals surface area contributed by atoms with E-state index in [-0.39, 0.29) is 0 Å². The highest BCUT2D eigenvalue weighted by Crippen LogP contribution is 2.28. The molecule has 1 N–H and O–H groups in total. The van der Waals surface area contributed by atoms with E-state index in [0.29, 0.717) is 6.04 Å². The van der Waals surface area contributed by atoms with Crippen molar-refractivity contribution >= 4 is 23.5 Å². The van der Waals surface area contributed by atoms with E-state index < -0.39 is 0 Å². The van der Waals surface area contributed by atoms with Crippen molar-refractivity contribution in [3.05, 3.63) is 35.4 Å². The van der Waals surface area contributed by atoms with E-state index >= 15 is 0 Å². The molecule has 1 heterocycles. The maximum absolute atomic E-state index is 3.69. The Morgan fingerprint density at radius 2 is 2.28 bits per heavy atom. The molecule has 1 aromatic rings. The zero-order valence-electron chi connectivity index (χ0n) is 11.3. The standard InChI is InChI=1S/C15H23NS2/c1-3-16-14(15-11-17-7-8-18-15)10-13-6-4-5-12(2)9-13/h4-6,9,14-16H,3,7-8,10-11H2,1-2H3. The van der Waals surface area contributed by atoms with Gasteiger partial charge in [-0.1, -0.05) is 36.8 Å². The first-order valence-electron chi connectivity index (χ1n) is 6.78. The van der Waals surface area contributed by atoms with E-state index in [0.717, 1.165) is 18.2 Å². The second kappa shape index (κ2) is 7.46. The van der Waals surface area contributed by atoms with Gasteiger partial charge in [-0.05, 0) is 25.5 Å². The highest BCUT2D eigenvalue weighted by molar-refractivity contribution is 8.06. The topological polar surface area (TPSA) is 12.0 Å². The predicted molar refractivity (Wildman–Crippen MR) is 85.9 cm³/mol. The summed E-state index contributed by atoms with van der Waals surface area (Å²) in [6.07, 6.45) is 1.16. The fourth-order valence-electron chi connectivity index (χ4n) is 2.43. The number of thioether (sulfide) groups is 2. The summed E-state index contributed by atoms with van der Waals surface area (Å²) in [7, 11) is 0. The van der Waals surface area contributed by atoms with Crippen molar-refractivity contribution in [3.63, 3.8) is 0 Å². The van der Waals surface area contributed by atoms with E-state index in [1.807, 2.05) is 0 Å². The third-order valence-electron chi connectivity index (χ3n) is 3.29. The van der Waals surface area contributed by atoms with E-state index in [2.05, 4.69) is 67.0 Å². The third-order valence-corrected chi connectivity index (χ3v) is 6.22. The number of hydrogen-bond donors (Lipinski definition) is 1. The SMILES string of the molecule is CCNC(Cc1cccc(C)c1)C1CSCCS1. The zero-order chi connectivity index (χ0) is 12.8. The summed E-state index contributed by atoms with van der Waals surface area (Å²) < 4.78 is 0. The summed E-state index contributed by atoms with van der Waals surface area (Å²) in [6.45, 7) is 5.46. The Morgan fingerprint density at radius 3 is 2.94 bits per heavy atom. The lowest BCUT2D eigenvalue weighted by molar-refractivity contribution is 0.522. The maximum Gasteiger partial charge on any atom is 0.0295 e. The van der Waals surface area contributed by atoms with Crippen LogP contribution in [0.4, 0.5) is 0 Å². The molecule has 2 atom stereocenters. The normalized spacial score (nSPS) is 21.8. The highest BCUT2D eigenvalue weighted by Gasteiger charge is 2.23. The first-order chi connectivity index (χ1) is 8.79. The molecule has 2 rings (SSSR count). The van der Waals surface area contributed by atoms with Gasteiger partial charge >= 0.3 is 0 Å². The van der Waals surface area contributed by atoms with Crippen molar-refractivity contribution in [2.75, 3.05) is 23.8 Å². The Labute approximate surface area is 120 Å². The summed E-state index contributed by atoms with van der Waals surface area (Å²) >= 11 is 4.26. The van der Waals surface area contributed by atoms with Crippen molar-refractivity contribution < 1.29 is 0 Å². The highest BCUT2D eigenvalue weighted by atomic mass is 32.2. The molecule has 18 heavy (non-hydrogen) atoms. The lowest BCUT2D eigenvalue weighted by atomic mass is 10.0. The molecule has 1 saturated heterocycles. The lowest BCUT2D eigenvalue weighted by Gasteiger charge is -2.30. The molecule has 1 aromatic carbocycles. The largest absolute Gasteiger partial charge is 0.313 e. The van der Waals surface area contributed by atoms with Crippen molar-refractivity contribution in [3.8, 4) is 0 Å². The molecule has 0 amide bonds. The van der Waals surface area contributed by atoms with Crippen LogP contribution < -0.4 is 5.32 Å². The second-order valence-corrected chi connectivity index (χ2v) is 7.34. The molecular formula is C15H23NS2. The zero-order valence-corrected chi connectivity index (χ0v) is 12.9. The molecule has 1 fully saturated rings. The average molecular weight is 281 g/mol. The van der Waals surface area contributed by atoms with Crippen LogP contribution in [0.5, 0.6) is 0 Å². The molecule has 0 saturated carbocycles. The molecule has 1 nitrogen and oxygen atoms in total. The van der Waals surface area contributed by atoms with E-state index in [1.165, 1.54) is 28.4 Å². The molecule has 0 spiro atoms. The molecule has 0 aromatic heterocycles. The van der Waals surface area contributed by atoms with Crippen LogP contribution in [0.25, 0.3) is 0 Å². The first kappa shape index (κ1) is 14.3. The quantitative estimate of drug-likeness (QED) is 0.889. The van der Waals surface area contributed by atoms with Gasteiger partial charge in [-0.3, -0.25) is 0 Å². The Morgan fingerprint density at radius 1 is 1.39 bits per heavy atom. The minimum atomic E-state index is 0.620. The van der Waals surface area contributed by atoms with Gasteiger partial charge in [0.15, 0.2) is 0 Å². The van der Waals surface area contributed by atoms with Crippen LogP contribution in [-0.4, -0.2) is 35.1 Å². The van der Waals surface area contributed by atoms with Gasteiger partial charge in [-0.25, -0.2) is 0 Å². The van der Waals surface area contributed by atoms with Crippen molar-refractivity contribution in [2.24, 2.45) is 0 Å². The number of hydrogen-bond acceptors (Lipinski definition) is 3. The summed E-state index contributed by atoms with van der Waals surface area (Å²) in [5, 5.41) is 4.45. The van der Waals surface area contributed by atoms with E-state index in [1.54, 1.807) is 0 Å². The summed E-state index contributed by atoms with van der Waals surface area (Å²) in [5.41, 5.74) is 2.84. The number of rotatable bonds is 5. The molecule has 0 radical (unpaired) electrons.